The second-order valence-corrected chi connectivity index (χ2v) is 5.62. The number of carbonyl (C=O) groups excluding carboxylic acids is 1. The number of carbonyl (C=O) groups is 1. The van der Waals surface area contributed by atoms with Gasteiger partial charge in [-0.1, -0.05) is 0 Å². The number of hydrogen-bond acceptors (Lipinski definition) is 3. The fourth-order valence-electron chi connectivity index (χ4n) is 2.61. The van der Waals surface area contributed by atoms with Crippen molar-refractivity contribution >= 4 is 5.91 Å². The first-order valence-electron chi connectivity index (χ1n) is 7.28. The van der Waals surface area contributed by atoms with E-state index < -0.39 is 0 Å². The van der Waals surface area contributed by atoms with Crippen molar-refractivity contribution in [3.05, 3.63) is 47.8 Å². The van der Waals surface area contributed by atoms with Crippen LogP contribution in [0.4, 0.5) is 0 Å². The molecule has 1 fully saturated rings. The molecule has 5 heteroatoms. The fraction of sp³-hybridized carbons (Fsp3) is 0.375. The van der Waals surface area contributed by atoms with Gasteiger partial charge < -0.3 is 10.2 Å². The average molecular weight is 284 g/mol. The molecule has 1 saturated heterocycles. The molecule has 0 unspecified atom stereocenters. The lowest BCUT2D eigenvalue weighted by Crippen LogP contribution is -2.51. The predicted molar refractivity (Wildman–Crippen MR) is 81.7 cm³/mol. The third-order valence-corrected chi connectivity index (χ3v) is 3.75. The highest BCUT2D eigenvalue weighted by Gasteiger charge is 2.21. The van der Waals surface area contributed by atoms with Crippen LogP contribution in [0.15, 0.2) is 36.7 Å². The summed E-state index contributed by atoms with van der Waals surface area (Å²) in [6.07, 6.45) is 3.79. The molecule has 0 bridgehead atoms. The molecule has 1 aromatic heterocycles. The molecular weight excluding hydrogens is 264 g/mol. The van der Waals surface area contributed by atoms with Gasteiger partial charge in [0.1, 0.15) is 0 Å². The first kappa shape index (κ1) is 13.8. The molecule has 2 aromatic rings. The van der Waals surface area contributed by atoms with E-state index in [1.807, 2.05) is 53.2 Å². The van der Waals surface area contributed by atoms with Gasteiger partial charge in [-0.15, -0.1) is 0 Å². The van der Waals surface area contributed by atoms with Crippen LogP contribution in [0.1, 0.15) is 22.8 Å². The zero-order valence-corrected chi connectivity index (χ0v) is 12.4. The molecule has 21 heavy (non-hydrogen) atoms. The maximum atomic E-state index is 12.5. The second-order valence-electron chi connectivity index (χ2n) is 5.62. The molecule has 5 nitrogen and oxygen atoms in total. The van der Waals surface area contributed by atoms with Gasteiger partial charge >= 0.3 is 0 Å². The van der Waals surface area contributed by atoms with Gasteiger partial charge in [-0.3, -0.25) is 4.79 Å². The van der Waals surface area contributed by atoms with Crippen LogP contribution in [-0.2, 0) is 0 Å². The molecule has 0 aliphatic carbocycles. The number of aryl methyl sites for hydroxylation is 1. The Morgan fingerprint density at radius 1 is 1.33 bits per heavy atom. The highest BCUT2D eigenvalue weighted by Crippen LogP contribution is 2.13. The van der Waals surface area contributed by atoms with Crippen LogP contribution >= 0.6 is 0 Å². The Morgan fingerprint density at radius 2 is 2.10 bits per heavy atom. The Kier molecular flexibility index (Phi) is 3.75. The monoisotopic (exact) mass is 284 g/mol. The van der Waals surface area contributed by atoms with Gasteiger partial charge in [0, 0.05) is 37.4 Å². The number of rotatable bonds is 2. The molecule has 1 aliphatic heterocycles. The summed E-state index contributed by atoms with van der Waals surface area (Å²) in [5.41, 5.74) is 2.81. The molecule has 0 radical (unpaired) electrons. The van der Waals surface area contributed by atoms with E-state index in [-0.39, 0.29) is 5.91 Å². The summed E-state index contributed by atoms with van der Waals surface area (Å²) >= 11 is 0. The molecule has 2 heterocycles. The van der Waals surface area contributed by atoms with E-state index in [4.69, 9.17) is 0 Å². The van der Waals surface area contributed by atoms with Crippen LogP contribution < -0.4 is 5.32 Å². The summed E-state index contributed by atoms with van der Waals surface area (Å²) in [6.45, 7) is 6.50. The van der Waals surface area contributed by atoms with Crippen molar-refractivity contribution in [3.8, 4) is 5.69 Å². The van der Waals surface area contributed by atoms with Gasteiger partial charge in [0.15, 0.2) is 0 Å². The summed E-state index contributed by atoms with van der Waals surface area (Å²) in [7, 11) is 0. The molecule has 1 aromatic carbocycles. The Hall–Kier alpha value is -2.14. The van der Waals surface area contributed by atoms with Gasteiger partial charge in [0.25, 0.3) is 5.91 Å². The van der Waals surface area contributed by atoms with Crippen LogP contribution in [0.2, 0.25) is 0 Å². The average Bonchev–Trinajstić information content (AvgIpc) is 2.93. The van der Waals surface area contributed by atoms with Crippen molar-refractivity contribution < 1.29 is 4.79 Å². The highest BCUT2D eigenvalue weighted by molar-refractivity contribution is 5.94. The van der Waals surface area contributed by atoms with Gasteiger partial charge in [0.05, 0.1) is 11.9 Å². The fourth-order valence-corrected chi connectivity index (χ4v) is 2.61. The number of benzene rings is 1. The largest absolute Gasteiger partial charge is 0.336 e. The molecule has 0 saturated carbocycles. The van der Waals surface area contributed by atoms with Crippen LogP contribution in [0, 0.1) is 6.92 Å². The van der Waals surface area contributed by atoms with E-state index in [2.05, 4.69) is 17.3 Å². The lowest BCUT2D eigenvalue weighted by atomic mass is 10.1. The minimum absolute atomic E-state index is 0.103. The molecule has 1 atom stereocenters. The lowest BCUT2D eigenvalue weighted by molar-refractivity contribution is 0.0709. The summed E-state index contributed by atoms with van der Waals surface area (Å²) in [5.74, 6) is 0.103. The smallest absolute Gasteiger partial charge is 0.253 e. The van der Waals surface area contributed by atoms with E-state index in [0.29, 0.717) is 6.04 Å². The summed E-state index contributed by atoms with van der Waals surface area (Å²) in [4.78, 5) is 14.4. The zero-order chi connectivity index (χ0) is 14.8. The van der Waals surface area contributed by atoms with Crippen LogP contribution in [0.3, 0.4) is 0 Å². The second kappa shape index (κ2) is 5.69. The topological polar surface area (TPSA) is 50.2 Å². The Balaban J connectivity index is 1.76. The quantitative estimate of drug-likeness (QED) is 0.911. The standard InChI is InChI=1S/C16H20N4O/c1-12-9-18-20(10-12)15-5-3-14(4-6-15)16(21)19-8-7-17-13(2)11-19/h3-6,9-10,13,17H,7-8,11H2,1-2H3/t13-/m1/s1. The minimum atomic E-state index is 0.103. The van der Waals surface area contributed by atoms with Crippen molar-refractivity contribution in [2.24, 2.45) is 0 Å². The van der Waals surface area contributed by atoms with Gasteiger partial charge in [-0.2, -0.15) is 5.10 Å². The van der Waals surface area contributed by atoms with Gasteiger partial charge in [-0.05, 0) is 43.7 Å². The Labute approximate surface area is 124 Å². The maximum Gasteiger partial charge on any atom is 0.253 e. The van der Waals surface area contributed by atoms with Crippen molar-refractivity contribution in [3.63, 3.8) is 0 Å². The first-order chi connectivity index (χ1) is 10.1. The number of piperazine rings is 1. The number of nitrogens with zero attached hydrogens (tertiary/aromatic N) is 3. The van der Waals surface area contributed by atoms with E-state index in [1.54, 1.807) is 0 Å². The molecule has 110 valence electrons. The Morgan fingerprint density at radius 3 is 2.71 bits per heavy atom. The number of nitrogens with one attached hydrogen (secondary N) is 1. The highest BCUT2D eigenvalue weighted by atomic mass is 16.2. The normalized spacial score (nSPS) is 18.8. The third-order valence-electron chi connectivity index (χ3n) is 3.75. The third kappa shape index (κ3) is 2.97. The molecule has 1 aliphatic rings. The van der Waals surface area contributed by atoms with Crippen molar-refractivity contribution in [2.75, 3.05) is 19.6 Å². The number of aromatic nitrogens is 2. The first-order valence-corrected chi connectivity index (χ1v) is 7.28. The molecule has 1 amide bonds. The van der Waals surface area contributed by atoms with Crippen LogP contribution in [0.5, 0.6) is 0 Å². The number of hydrogen-bond donors (Lipinski definition) is 1. The summed E-state index contributed by atoms with van der Waals surface area (Å²) < 4.78 is 1.82. The summed E-state index contributed by atoms with van der Waals surface area (Å²) in [5, 5.41) is 7.62. The molecule has 3 rings (SSSR count). The lowest BCUT2D eigenvalue weighted by Gasteiger charge is -2.32. The Bertz CT molecular complexity index is 632. The molecule has 0 spiro atoms. The minimum Gasteiger partial charge on any atom is -0.336 e. The van der Waals surface area contributed by atoms with E-state index in [0.717, 1.165) is 36.4 Å². The van der Waals surface area contributed by atoms with Crippen molar-refractivity contribution in [2.45, 2.75) is 19.9 Å². The molecular formula is C16H20N4O. The van der Waals surface area contributed by atoms with Crippen LogP contribution in [-0.4, -0.2) is 46.3 Å². The van der Waals surface area contributed by atoms with Crippen LogP contribution in [0.25, 0.3) is 5.69 Å². The van der Waals surface area contributed by atoms with Crippen molar-refractivity contribution in [1.29, 1.82) is 0 Å². The van der Waals surface area contributed by atoms with Gasteiger partial charge in [0.2, 0.25) is 0 Å². The SMILES string of the molecule is Cc1cnn(-c2ccc(C(=O)N3CCN[C@H](C)C3)cc2)c1. The predicted octanol–water partition coefficient (Wildman–Crippen LogP) is 1.61. The van der Waals surface area contributed by atoms with E-state index in [1.165, 1.54) is 0 Å². The molecule has 1 N–H and O–H groups in total. The summed E-state index contributed by atoms with van der Waals surface area (Å²) in [6, 6.07) is 7.98. The van der Waals surface area contributed by atoms with Crippen molar-refractivity contribution in [1.82, 2.24) is 20.0 Å². The maximum absolute atomic E-state index is 12.5. The number of amides is 1. The van der Waals surface area contributed by atoms with Gasteiger partial charge in [-0.25, -0.2) is 4.68 Å². The zero-order valence-electron chi connectivity index (χ0n) is 12.4. The van der Waals surface area contributed by atoms with E-state index >= 15 is 0 Å². The van der Waals surface area contributed by atoms with E-state index in [9.17, 15) is 4.79 Å².